The van der Waals surface area contributed by atoms with Crippen LogP contribution in [0, 0.1) is 6.92 Å². The summed E-state index contributed by atoms with van der Waals surface area (Å²) < 4.78 is 5.80. The van der Waals surface area contributed by atoms with Gasteiger partial charge in [0.05, 0.1) is 19.3 Å². The predicted octanol–water partition coefficient (Wildman–Crippen LogP) is 2.87. The Kier molecular flexibility index (Phi) is 6.70. The molecule has 0 aliphatic heterocycles. The molecule has 0 saturated heterocycles. The summed E-state index contributed by atoms with van der Waals surface area (Å²) in [6.07, 6.45) is 6.73. The zero-order valence-electron chi connectivity index (χ0n) is 12.9. The van der Waals surface area contributed by atoms with E-state index in [-0.39, 0.29) is 5.91 Å². The molecular formula is C17H26N2O2. The second-order valence-corrected chi connectivity index (χ2v) is 5.73. The van der Waals surface area contributed by atoms with Crippen LogP contribution < -0.4 is 10.6 Å². The molecule has 0 unspecified atom stereocenters. The van der Waals surface area contributed by atoms with Crippen molar-refractivity contribution in [1.82, 2.24) is 5.32 Å². The fourth-order valence-corrected chi connectivity index (χ4v) is 2.66. The fraction of sp³-hybridized carbons (Fsp3) is 0.588. The van der Waals surface area contributed by atoms with E-state index in [1.165, 1.54) is 32.1 Å². The molecule has 2 rings (SSSR count). The van der Waals surface area contributed by atoms with Gasteiger partial charge >= 0.3 is 0 Å². The van der Waals surface area contributed by atoms with Crippen LogP contribution in [0.15, 0.2) is 24.3 Å². The van der Waals surface area contributed by atoms with Crippen molar-refractivity contribution in [1.29, 1.82) is 0 Å². The average molecular weight is 290 g/mol. The summed E-state index contributed by atoms with van der Waals surface area (Å²) in [5.74, 6) is -0.0155. The highest BCUT2D eigenvalue weighted by atomic mass is 16.5. The van der Waals surface area contributed by atoms with E-state index in [0.29, 0.717) is 19.3 Å². The van der Waals surface area contributed by atoms with E-state index in [4.69, 9.17) is 4.74 Å². The SMILES string of the molecule is Cc1cccc(NC(=O)CNCCOC2CCCCC2)c1. The highest BCUT2D eigenvalue weighted by Gasteiger charge is 2.13. The Hall–Kier alpha value is -1.39. The molecule has 1 fully saturated rings. The molecule has 0 bridgehead atoms. The number of anilines is 1. The van der Waals surface area contributed by atoms with E-state index in [1.807, 2.05) is 31.2 Å². The molecular weight excluding hydrogens is 264 g/mol. The van der Waals surface area contributed by atoms with Gasteiger partial charge < -0.3 is 15.4 Å². The zero-order valence-corrected chi connectivity index (χ0v) is 12.9. The number of ether oxygens (including phenoxy) is 1. The molecule has 116 valence electrons. The standard InChI is InChI=1S/C17H26N2O2/c1-14-6-5-7-15(12-14)19-17(20)13-18-10-11-21-16-8-3-2-4-9-16/h5-7,12,16,18H,2-4,8-11,13H2,1H3,(H,19,20). The van der Waals surface area contributed by atoms with Gasteiger partial charge in [-0.2, -0.15) is 0 Å². The lowest BCUT2D eigenvalue weighted by Gasteiger charge is -2.21. The van der Waals surface area contributed by atoms with Crippen molar-refractivity contribution >= 4 is 11.6 Å². The zero-order chi connectivity index (χ0) is 14.9. The lowest BCUT2D eigenvalue weighted by atomic mass is 9.98. The normalized spacial score (nSPS) is 15.9. The molecule has 0 heterocycles. The van der Waals surface area contributed by atoms with Crippen LogP contribution in [0.3, 0.4) is 0 Å². The van der Waals surface area contributed by atoms with Gasteiger partial charge in [-0.05, 0) is 37.5 Å². The lowest BCUT2D eigenvalue weighted by molar-refractivity contribution is -0.115. The first-order valence-corrected chi connectivity index (χ1v) is 7.93. The number of aryl methyl sites for hydroxylation is 1. The summed E-state index contributed by atoms with van der Waals surface area (Å²) in [4.78, 5) is 11.8. The van der Waals surface area contributed by atoms with Gasteiger partial charge in [0.2, 0.25) is 5.91 Å². The number of nitrogens with one attached hydrogen (secondary N) is 2. The summed E-state index contributed by atoms with van der Waals surface area (Å²) in [6.45, 7) is 3.73. The summed E-state index contributed by atoms with van der Waals surface area (Å²) in [7, 11) is 0. The van der Waals surface area contributed by atoms with Gasteiger partial charge in [0.1, 0.15) is 0 Å². The number of carbonyl (C=O) groups is 1. The second kappa shape index (κ2) is 8.80. The van der Waals surface area contributed by atoms with Gasteiger partial charge in [0.25, 0.3) is 0 Å². The van der Waals surface area contributed by atoms with E-state index in [2.05, 4.69) is 10.6 Å². The molecule has 4 heteroatoms. The summed E-state index contributed by atoms with van der Waals surface area (Å²) in [6, 6.07) is 7.81. The van der Waals surface area contributed by atoms with E-state index < -0.39 is 0 Å². The molecule has 21 heavy (non-hydrogen) atoms. The highest BCUT2D eigenvalue weighted by Crippen LogP contribution is 2.19. The van der Waals surface area contributed by atoms with Gasteiger partial charge in [0.15, 0.2) is 0 Å². The van der Waals surface area contributed by atoms with Gasteiger partial charge in [-0.25, -0.2) is 0 Å². The Morgan fingerprint density at radius 2 is 2.10 bits per heavy atom. The van der Waals surface area contributed by atoms with Crippen LogP contribution in [0.5, 0.6) is 0 Å². The molecule has 1 aromatic carbocycles. The van der Waals surface area contributed by atoms with Crippen molar-refractivity contribution in [2.24, 2.45) is 0 Å². The molecule has 1 aliphatic rings. The van der Waals surface area contributed by atoms with Crippen LogP contribution in [0.25, 0.3) is 0 Å². The van der Waals surface area contributed by atoms with Crippen LogP contribution >= 0.6 is 0 Å². The molecule has 1 saturated carbocycles. The minimum atomic E-state index is -0.0155. The molecule has 2 N–H and O–H groups in total. The predicted molar refractivity (Wildman–Crippen MR) is 85.5 cm³/mol. The smallest absolute Gasteiger partial charge is 0.238 e. The summed E-state index contributed by atoms with van der Waals surface area (Å²) in [5, 5.41) is 6.00. The molecule has 0 radical (unpaired) electrons. The first-order valence-electron chi connectivity index (χ1n) is 7.93. The number of carbonyl (C=O) groups excluding carboxylic acids is 1. The van der Waals surface area contributed by atoms with Gasteiger partial charge in [-0.1, -0.05) is 31.4 Å². The van der Waals surface area contributed by atoms with Crippen LogP contribution in [0.1, 0.15) is 37.7 Å². The highest BCUT2D eigenvalue weighted by molar-refractivity contribution is 5.92. The first-order chi connectivity index (χ1) is 10.2. The van der Waals surface area contributed by atoms with Crippen molar-refractivity contribution < 1.29 is 9.53 Å². The Morgan fingerprint density at radius 1 is 1.29 bits per heavy atom. The van der Waals surface area contributed by atoms with Crippen molar-refractivity contribution in [3.8, 4) is 0 Å². The molecule has 0 spiro atoms. The molecule has 4 nitrogen and oxygen atoms in total. The third-order valence-corrected chi connectivity index (χ3v) is 3.77. The lowest BCUT2D eigenvalue weighted by Crippen LogP contribution is -2.31. The van der Waals surface area contributed by atoms with Crippen LogP contribution in [-0.4, -0.2) is 31.7 Å². The number of rotatable bonds is 7. The van der Waals surface area contributed by atoms with E-state index >= 15 is 0 Å². The topological polar surface area (TPSA) is 50.4 Å². The third-order valence-electron chi connectivity index (χ3n) is 3.77. The Bertz CT molecular complexity index is 442. The maximum Gasteiger partial charge on any atom is 0.238 e. The monoisotopic (exact) mass is 290 g/mol. The molecule has 1 aliphatic carbocycles. The first kappa shape index (κ1) is 16.0. The summed E-state index contributed by atoms with van der Waals surface area (Å²) in [5.41, 5.74) is 1.99. The second-order valence-electron chi connectivity index (χ2n) is 5.73. The molecule has 0 atom stereocenters. The third kappa shape index (κ3) is 6.27. The number of hydrogen-bond donors (Lipinski definition) is 2. The maximum absolute atomic E-state index is 11.8. The molecule has 1 aromatic rings. The number of amides is 1. The minimum absolute atomic E-state index is 0.0155. The molecule has 1 amide bonds. The fourth-order valence-electron chi connectivity index (χ4n) is 2.66. The number of hydrogen-bond acceptors (Lipinski definition) is 3. The van der Waals surface area contributed by atoms with Crippen molar-refractivity contribution in [3.63, 3.8) is 0 Å². The van der Waals surface area contributed by atoms with Crippen molar-refractivity contribution in [2.45, 2.75) is 45.1 Å². The Balaban J connectivity index is 1.54. The van der Waals surface area contributed by atoms with Crippen LogP contribution in [0.2, 0.25) is 0 Å². The molecule has 0 aromatic heterocycles. The quantitative estimate of drug-likeness (QED) is 0.759. The number of benzene rings is 1. The largest absolute Gasteiger partial charge is 0.377 e. The van der Waals surface area contributed by atoms with Crippen molar-refractivity contribution in [2.75, 3.05) is 25.0 Å². The van der Waals surface area contributed by atoms with E-state index in [9.17, 15) is 4.79 Å². The van der Waals surface area contributed by atoms with Crippen LogP contribution in [-0.2, 0) is 9.53 Å². The Morgan fingerprint density at radius 3 is 2.86 bits per heavy atom. The van der Waals surface area contributed by atoms with E-state index in [1.54, 1.807) is 0 Å². The van der Waals surface area contributed by atoms with Gasteiger partial charge in [0, 0.05) is 12.2 Å². The minimum Gasteiger partial charge on any atom is -0.377 e. The van der Waals surface area contributed by atoms with E-state index in [0.717, 1.165) is 17.8 Å². The average Bonchev–Trinajstić information content (AvgIpc) is 2.48. The van der Waals surface area contributed by atoms with Gasteiger partial charge in [-0.3, -0.25) is 4.79 Å². The van der Waals surface area contributed by atoms with Crippen molar-refractivity contribution in [3.05, 3.63) is 29.8 Å². The Labute approximate surface area is 127 Å². The maximum atomic E-state index is 11.8. The van der Waals surface area contributed by atoms with Gasteiger partial charge in [-0.15, -0.1) is 0 Å². The van der Waals surface area contributed by atoms with Crippen LogP contribution in [0.4, 0.5) is 5.69 Å². The summed E-state index contributed by atoms with van der Waals surface area (Å²) >= 11 is 0.